The van der Waals surface area contributed by atoms with E-state index in [2.05, 4.69) is 55.3 Å². The van der Waals surface area contributed by atoms with Gasteiger partial charge in [-0.25, -0.2) is 4.98 Å². The minimum Gasteiger partial charge on any atom is -0.298 e. The number of amides is 1. The summed E-state index contributed by atoms with van der Waals surface area (Å²) in [6, 6.07) is 9.89. The van der Waals surface area contributed by atoms with E-state index in [0.717, 1.165) is 11.3 Å². The number of aromatic nitrogens is 1. The zero-order valence-electron chi connectivity index (χ0n) is 13.9. The van der Waals surface area contributed by atoms with E-state index >= 15 is 0 Å². The van der Waals surface area contributed by atoms with Crippen LogP contribution < -0.4 is 5.32 Å². The lowest BCUT2D eigenvalue weighted by Crippen LogP contribution is -2.11. The number of halogens is 2. The number of hydrogen-bond donors (Lipinski definition) is 1. The van der Waals surface area contributed by atoms with Crippen LogP contribution in [0.1, 0.15) is 36.7 Å². The average Bonchev–Trinajstić information content (AvgIpc) is 3.13. The van der Waals surface area contributed by atoms with Crippen LogP contribution in [-0.4, -0.2) is 10.9 Å². The number of rotatable bonds is 3. The van der Waals surface area contributed by atoms with Gasteiger partial charge in [-0.3, -0.25) is 10.1 Å². The lowest BCUT2D eigenvalue weighted by molar-refractivity contribution is 0.102. The number of nitrogens with zero attached hydrogens (tertiary/aromatic N) is 1. The summed E-state index contributed by atoms with van der Waals surface area (Å²) in [7, 11) is 0. The molecule has 1 N–H and O–H groups in total. The molecule has 0 unspecified atom stereocenters. The third-order valence-electron chi connectivity index (χ3n) is 3.67. The highest BCUT2D eigenvalue weighted by Gasteiger charge is 2.17. The molecule has 0 spiro atoms. The molecule has 7 heteroatoms. The topological polar surface area (TPSA) is 42.0 Å². The van der Waals surface area contributed by atoms with Crippen molar-refractivity contribution in [2.75, 3.05) is 5.32 Å². The molecule has 1 amide bonds. The summed E-state index contributed by atoms with van der Waals surface area (Å²) < 4.78 is 0.853. The van der Waals surface area contributed by atoms with E-state index in [1.165, 1.54) is 28.2 Å². The standard InChI is InChI=1S/C18H16Cl2N2OS2/c1-18(2,3)11-6-4-10(5-7-11)13-9-24-17(21-13)22-16(23)12-8-14(19)25-15(12)20/h4-9H,1-3H3,(H,21,22,23). The van der Waals surface area contributed by atoms with Crippen LogP contribution >= 0.6 is 45.9 Å². The molecule has 25 heavy (non-hydrogen) atoms. The normalized spacial score (nSPS) is 11.6. The van der Waals surface area contributed by atoms with Crippen molar-refractivity contribution in [2.45, 2.75) is 26.2 Å². The van der Waals surface area contributed by atoms with Gasteiger partial charge in [-0.2, -0.15) is 0 Å². The van der Waals surface area contributed by atoms with E-state index in [-0.39, 0.29) is 11.3 Å². The molecular formula is C18H16Cl2N2OS2. The summed E-state index contributed by atoms with van der Waals surface area (Å²) >= 11 is 14.4. The fourth-order valence-corrected chi connectivity index (χ4v) is 4.44. The Morgan fingerprint density at radius 3 is 2.40 bits per heavy atom. The Morgan fingerprint density at radius 1 is 1.16 bits per heavy atom. The van der Waals surface area contributed by atoms with Gasteiger partial charge in [-0.05, 0) is 17.0 Å². The van der Waals surface area contributed by atoms with Gasteiger partial charge < -0.3 is 0 Å². The monoisotopic (exact) mass is 410 g/mol. The number of carbonyl (C=O) groups is 1. The van der Waals surface area contributed by atoms with Crippen molar-refractivity contribution in [1.29, 1.82) is 0 Å². The largest absolute Gasteiger partial charge is 0.298 e. The predicted molar refractivity (Wildman–Crippen MR) is 109 cm³/mol. The van der Waals surface area contributed by atoms with Crippen molar-refractivity contribution in [1.82, 2.24) is 4.98 Å². The highest BCUT2D eigenvalue weighted by atomic mass is 35.5. The maximum absolute atomic E-state index is 12.3. The van der Waals surface area contributed by atoms with E-state index in [0.29, 0.717) is 19.4 Å². The lowest BCUT2D eigenvalue weighted by atomic mass is 9.86. The van der Waals surface area contributed by atoms with Crippen LogP contribution in [0.2, 0.25) is 8.67 Å². The zero-order chi connectivity index (χ0) is 18.2. The molecule has 0 aliphatic heterocycles. The Balaban J connectivity index is 1.76. The second-order valence-electron chi connectivity index (χ2n) is 6.56. The first-order chi connectivity index (χ1) is 11.7. The lowest BCUT2D eigenvalue weighted by Gasteiger charge is -2.18. The van der Waals surface area contributed by atoms with Gasteiger partial charge in [0.05, 0.1) is 15.6 Å². The SMILES string of the molecule is CC(C)(C)c1ccc(-c2csc(NC(=O)c3cc(Cl)sc3Cl)n2)cc1. The van der Waals surface area contributed by atoms with Gasteiger partial charge in [0.2, 0.25) is 0 Å². The molecule has 3 nitrogen and oxygen atoms in total. The van der Waals surface area contributed by atoms with Gasteiger partial charge in [-0.1, -0.05) is 68.2 Å². The summed E-state index contributed by atoms with van der Waals surface area (Å²) in [5.41, 5.74) is 3.59. The summed E-state index contributed by atoms with van der Waals surface area (Å²) in [4.78, 5) is 16.8. The summed E-state index contributed by atoms with van der Waals surface area (Å²) in [6.45, 7) is 6.54. The third kappa shape index (κ3) is 4.23. The molecule has 0 bridgehead atoms. The molecule has 0 aliphatic rings. The van der Waals surface area contributed by atoms with Crippen molar-refractivity contribution >= 4 is 56.9 Å². The highest BCUT2D eigenvalue weighted by Crippen LogP contribution is 2.32. The molecule has 1 aromatic carbocycles. The van der Waals surface area contributed by atoms with E-state index in [9.17, 15) is 4.79 Å². The maximum Gasteiger partial charge on any atom is 0.259 e. The van der Waals surface area contributed by atoms with E-state index in [1.807, 2.05) is 5.38 Å². The first-order valence-corrected chi connectivity index (χ1v) is 10.0. The van der Waals surface area contributed by atoms with Crippen LogP contribution in [0.5, 0.6) is 0 Å². The molecule has 0 saturated carbocycles. The van der Waals surface area contributed by atoms with E-state index in [4.69, 9.17) is 23.2 Å². The molecule has 0 atom stereocenters. The fourth-order valence-electron chi connectivity index (χ4n) is 2.26. The number of hydrogen-bond acceptors (Lipinski definition) is 4. The first kappa shape index (κ1) is 18.4. The zero-order valence-corrected chi connectivity index (χ0v) is 17.0. The Labute approximate surface area is 164 Å². The molecule has 130 valence electrons. The summed E-state index contributed by atoms with van der Waals surface area (Å²) in [5, 5.41) is 5.22. The van der Waals surface area contributed by atoms with Crippen molar-refractivity contribution in [3.8, 4) is 11.3 Å². The van der Waals surface area contributed by atoms with E-state index in [1.54, 1.807) is 6.07 Å². The maximum atomic E-state index is 12.3. The van der Waals surface area contributed by atoms with Crippen LogP contribution in [0.4, 0.5) is 5.13 Å². The van der Waals surface area contributed by atoms with E-state index < -0.39 is 0 Å². The predicted octanol–water partition coefficient (Wildman–Crippen LogP) is 6.73. The third-order valence-corrected chi connectivity index (χ3v) is 5.92. The summed E-state index contributed by atoms with van der Waals surface area (Å²) in [6.07, 6.45) is 0. The van der Waals surface area contributed by atoms with Crippen molar-refractivity contribution in [3.05, 3.63) is 55.5 Å². The Morgan fingerprint density at radius 2 is 1.84 bits per heavy atom. The van der Waals surface area contributed by atoms with Crippen LogP contribution in [0.25, 0.3) is 11.3 Å². The first-order valence-electron chi connectivity index (χ1n) is 7.56. The van der Waals surface area contributed by atoms with Gasteiger partial charge in [0.1, 0.15) is 4.34 Å². The number of thiazole rings is 1. The Kier molecular flexibility index (Phi) is 5.21. The van der Waals surface area contributed by atoms with Gasteiger partial charge in [-0.15, -0.1) is 22.7 Å². The molecular weight excluding hydrogens is 395 g/mol. The minimum atomic E-state index is -0.308. The molecule has 2 aromatic heterocycles. The van der Waals surface area contributed by atoms with Crippen molar-refractivity contribution < 1.29 is 4.79 Å². The molecule has 0 fully saturated rings. The second kappa shape index (κ2) is 7.08. The minimum absolute atomic E-state index is 0.112. The second-order valence-corrected chi connectivity index (χ2v) is 9.70. The number of nitrogens with one attached hydrogen (secondary N) is 1. The van der Waals surface area contributed by atoms with Gasteiger partial charge in [0.15, 0.2) is 5.13 Å². The molecule has 3 aromatic rings. The van der Waals surface area contributed by atoms with Crippen LogP contribution in [0.15, 0.2) is 35.7 Å². The quantitative estimate of drug-likeness (QED) is 0.519. The van der Waals surface area contributed by atoms with Gasteiger partial charge >= 0.3 is 0 Å². The average molecular weight is 411 g/mol. The number of thiophene rings is 1. The molecule has 2 heterocycles. The van der Waals surface area contributed by atoms with Crippen LogP contribution in [-0.2, 0) is 5.41 Å². The smallest absolute Gasteiger partial charge is 0.259 e. The summed E-state index contributed by atoms with van der Waals surface area (Å²) in [5.74, 6) is -0.308. The number of anilines is 1. The Bertz CT molecular complexity index is 908. The van der Waals surface area contributed by atoms with Gasteiger partial charge in [0.25, 0.3) is 5.91 Å². The highest BCUT2D eigenvalue weighted by molar-refractivity contribution is 7.20. The van der Waals surface area contributed by atoms with Crippen molar-refractivity contribution in [3.63, 3.8) is 0 Å². The van der Waals surface area contributed by atoms with Crippen LogP contribution in [0, 0.1) is 0 Å². The Hall–Kier alpha value is -1.40. The number of benzene rings is 1. The number of carbonyl (C=O) groups excluding carboxylic acids is 1. The molecule has 0 aliphatic carbocycles. The molecule has 3 rings (SSSR count). The molecule has 0 saturated heterocycles. The van der Waals surface area contributed by atoms with Gasteiger partial charge in [0, 0.05) is 10.9 Å². The fraction of sp³-hybridized carbons (Fsp3) is 0.222. The van der Waals surface area contributed by atoms with Crippen molar-refractivity contribution in [2.24, 2.45) is 0 Å². The van der Waals surface area contributed by atoms with Crippen LogP contribution in [0.3, 0.4) is 0 Å². The molecule has 0 radical (unpaired) electrons.